The van der Waals surface area contributed by atoms with Gasteiger partial charge >= 0.3 is 5.97 Å². The zero-order chi connectivity index (χ0) is 17.4. The minimum atomic E-state index is -0.740. The van der Waals surface area contributed by atoms with Crippen LogP contribution in [0.4, 0.5) is 0 Å². The number of ether oxygens (including phenoxy) is 2. The molecule has 0 aliphatic carbocycles. The molecule has 1 aliphatic heterocycles. The Bertz CT molecular complexity index is 1010. The van der Waals surface area contributed by atoms with E-state index in [1.165, 1.54) is 6.92 Å². The Hall–Kier alpha value is -3.08. The van der Waals surface area contributed by atoms with Crippen molar-refractivity contribution >= 4 is 16.9 Å². The van der Waals surface area contributed by atoms with Crippen molar-refractivity contribution in [1.82, 2.24) is 4.57 Å². The van der Waals surface area contributed by atoms with Gasteiger partial charge in [-0.3, -0.25) is 9.59 Å². The molecule has 0 amide bonds. The van der Waals surface area contributed by atoms with E-state index in [-0.39, 0.29) is 12.0 Å². The Morgan fingerprint density at radius 2 is 1.88 bits per heavy atom. The Morgan fingerprint density at radius 1 is 1.16 bits per heavy atom. The maximum atomic E-state index is 13.1. The summed E-state index contributed by atoms with van der Waals surface area (Å²) in [5.41, 5.74) is 2.30. The van der Waals surface area contributed by atoms with Gasteiger partial charge in [0.1, 0.15) is 5.75 Å². The van der Waals surface area contributed by atoms with Crippen LogP contribution in [-0.2, 0) is 22.5 Å². The van der Waals surface area contributed by atoms with Crippen LogP contribution in [-0.4, -0.2) is 16.8 Å². The van der Waals surface area contributed by atoms with Crippen LogP contribution in [0.5, 0.6) is 5.75 Å². The Kier molecular flexibility index (Phi) is 3.76. The molecule has 0 saturated carbocycles. The molecule has 126 valence electrons. The summed E-state index contributed by atoms with van der Waals surface area (Å²) in [6.45, 7) is 1.81. The molecule has 1 aromatic heterocycles. The molecule has 1 atom stereocenters. The average Bonchev–Trinajstić information content (AvgIpc) is 3.03. The van der Waals surface area contributed by atoms with Crippen LogP contribution in [0.25, 0.3) is 10.9 Å². The Balaban J connectivity index is 1.86. The lowest BCUT2D eigenvalue weighted by Crippen LogP contribution is -2.25. The molecule has 0 N–H and O–H groups in total. The van der Waals surface area contributed by atoms with Crippen LogP contribution in [0.3, 0.4) is 0 Å². The first-order valence-electron chi connectivity index (χ1n) is 8.15. The molecule has 0 bridgehead atoms. The monoisotopic (exact) mass is 335 g/mol. The molecule has 0 radical (unpaired) electrons. The number of aromatic nitrogens is 1. The van der Waals surface area contributed by atoms with Gasteiger partial charge in [0.05, 0.1) is 24.0 Å². The highest BCUT2D eigenvalue weighted by Crippen LogP contribution is 2.34. The van der Waals surface area contributed by atoms with Gasteiger partial charge in [-0.25, -0.2) is 0 Å². The maximum Gasteiger partial charge on any atom is 0.305 e. The number of para-hydroxylation sites is 1. The van der Waals surface area contributed by atoms with Gasteiger partial charge < -0.3 is 14.0 Å². The largest absolute Gasteiger partial charge is 0.453 e. The fraction of sp³-hybridized carbons (Fsp3) is 0.200. The Labute approximate surface area is 144 Å². The normalized spacial score (nSPS) is 15.6. The quantitative estimate of drug-likeness (QED) is 0.691. The third kappa shape index (κ3) is 2.78. The molecule has 3 aromatic rings. The second-order valence-electron chi connectivity index (χ2n) is 6.06. The molecule has 0 spiro atoms. The van der Waals surface area contributed by atoms with Crippen molar-refractivity contribution in [3.63, 3.8) is 0 Å². The van der Waals surface area contributed by atoms with Crippen LogP contribution >= 0.6 is 0 Å². The van der Waals surface area contributed by atoms with Gasteiger partial charge in [0.25, 0.3) is 5.56 Å². The topological polar surface area (TPSA) is 57.5 Å². The van der Waals surface area contributed by atoms with E-state index in [9.17, 15) is 9.59 Å². The lowest BCUT2D eigenvalue weighted by molar-refractivity contribution is -0.158. The fourth-order valence-corrected chi connectivity index (χ4v) is 3.26. The Morgan fingerprint density at radius 3 is 2.64 bits per heavy atom. The number of fused-ring (bicyclic) bond motifs is 3. The van der Waals surface area contributed by atoms with E-state index < -0.39 is 12.3 Å². The molecule has 1 aliphatic rings. The summed E-state index contributed by atoms with van der Waals surface area (Å²) in [7, 11) is 0. The molecule has 25 heavy (non-hydrogen) atoms. The maximum absolute atomic E-state index is 13.1. The fourth-order valence-electron chi connectivity index (χ4n) is 3.26. The van der Waals surface area contributed by atoms with Crippen molar-refractivity contribution in [2.24, 2.45) is 0 Å². The van der Waals surface area contributed by atoms with E-state index >= 15 is 0 Å². The van der Waals surface area contributed by atoms with Crippen molar-refractivity contribution in [3.05, 3.63) is 76.1 Å². The highest BCUT2D eigenvalue weighted by Gasteiger charge is 2.31. The van der Waals surface area contributed by atoms with Crippen molar-refractivity contribution in [2.45, 2.75) is 26.2 Å². The smallest absolute Gasteiger partial charge is 0.305 e. The number of carbonyl (C=O) groups is 1. The van der Waals surface area contributed by atoms with E-state index in [2.05, 4.69) is 0 Å². The summed E-state index contributed by atoms with van der Waals surface area (Å²) >= 11 is 0. The number of esters is 1. The number of rotatable bonds is 3. The second kappa shape index (κ2) is 6.09. The van der Waals surface area contributed by atoms with E-state index in [1.807, 2.05) is 54.6 Å². The predicted octanol–water partition coefficient (Wildman–Crippen LogP) is 2.87. The molecule has 5 heteroatoms. The first-order valence-corrected chi connectivity index (χ1v) is 8.15. The lowest BCUT2D eigenvalue weighted by atomic mass is 10.1. The van der Waals surface area contributed by atoms with Crippen molar-refractivity contribution in [1.29, 1.82) is 0 Å². The summed E-state index contributed by atoms with van der Waals surface area (Å²) in [5, 5.41) is 0.850. The van der Waals surface area contributed by atoms with Gasteiger partial charge in [-0.15, -0.1) is 0 Å². The summed E-state index contributed by atoms with van der Waals surface area (Å²) in [4.78, 5) is 24.3. The summed E-state index contributed by atoms with van der Waals surface area (Å²) in [5.74, 6) is 0.0999. The van der Waals surface area contributed by atoms with E-state index in [1.54, 1.807) is 4.57 Å². The number of nitrogens with zero attached hydrogens (tertiary/aromatic N) is 1. The SMILES string of the molecule is CC(=O)OC1Cc2c(c3ccccc3n(Cc3ccccc3)c2=O)O1. The van der Waals surface area contributed by atoms with Crippen LogP contribution in [0.1, 0.15) is 18.1 Å². The van der Waals surface area contributed by atoms with Crippen LogP contribution < -0.4 is 10.3 Å². The molecular formula is C20H17NO4. The van der Waals surface area contributed by atoms with E-state index in [4.69, 9.17) is 9.47 Å². The lowest BCUT2D eigenvalue weighted by Gasteiger charge is -2.14. The van der Waals surface area contributed by atoms with Crippen molar-refractivity contribution in [3.8, 4) is 5.75 Å². The minimum absolute atomic E-state index is 0.104. The molecular weight excluding hydrogens is 318 g/mol. The minimum Gasteiger partial charge on any atom is -0.453 e. The molecule has 1 unspecified atom stereocenters. The van der Waals surface area contributed by atoms with Gasteiger partial charge in [-0.2, -0.15) is 0 Å². The molecule has 2 aromatic carbocycles. The zero-order valence-corrected chi connectivity index (χ0v) is 13.8. The summed E-state index contributed by atoms with van der Waals surface area (Å²) in [6, 6.07) is 17.5. The highest BCUT2D eigenvalue weighted by molar-refractivity contribution is 5.87. The third-order valence-electron chi connectivity index (χ3n) is 4.32. The second-order valence-corrected chi connectivity index (χ2v) is 6.06. The molecule has 0 fully saturated rings. The number of carbonyl (C=O) groups excluding carboxylic acids is 1. The van der Waals surface area contributed by atoms with Crippen LogP contribution in [0, 0.1) is 0 Å². The highest BCUT2D eigenvalue weighted by atomic mass is 16.7. The molecule has 2 heterocycles. The van der Waals surface area contributed by atoms with Gasteiger partial charge in [0, 0.05) is 12.3 Å². The average molecular weight is 335 g/mol. The molecule has 0 saturated heterocycles. The zero-order valence-electron chi connectivity index (χ0n) is 13.8. The van der Waals surface area contributed by atoms with Crippen molar-refractivity contribution < 1.29 is 14.3 Å². The summed E-state index contributed by atoms with van der Waals surface area (Å²) in [6.07, 6.45) is -0.468. The first kappa shape index (κ1) is 15.4. The van der Waals surface area contributed by atoms with Gasteiger partial charge in [-0.1, -0.05) is 42.5 Å². The van der Waals surface area contributed by atoms with Crippen molar-refractivity contribution in [2.75, 3.05) is 0 Å². The third-order valence-corrected chi connectivity index (χ3v) is 4.32. The van der Waals surface area contributed by atoms with Gasteiger partial charge in [-0.05, 0) is 17.7 Å². The number of hydrogen-bond donors (Lipinski definition) is 0. The van der Waals surface area contributed by atoms with Crippen LogP contribution in [0.2, 0.25) is 0 Å². The standard InChI is InChI=1S/C20H17NO4/c1-13(22)24-18-11-16-19(25-18)15-9-5-6-10-17(15)21(20(16)23)12-14-7-3-2-4-8-14/h2-10,18H,11-12H2,1H3. The van der Waals surface area contributed by atoms with E-state index in [0.717, 1.165) is 16.5 Å². The molecule has 5 nitrogen and oxygen atoms in total. The number of pyridine rings is 1. The first-order chi connectivity index (χ1) is 12.1. The number of hydrogen-bond acceptors (Lipinski definition) is 4. The van der Waals surface area contributed by atoms with Gasteiger partial charge in [0.15, 0.2) is 0 Å². The summed E-state index contributed by atoms with van der Waals surface area (Å²) < 4.78 is 12.7. The van der Waals surface area contributed by atoms with Gasteiger partial charge in [0.2, 0.25) is 6.29 Å². The number of benzene rings is 2. The van der Waals surface area contributed by atoms with Crippen LogP contribution in [0.15, 0.2) is 59.4 Å². The molecule has 4 rings (SSSR count). The predicted molar refractivity (Wildman–Crippen MR) is 93.6 cm³/mol. The van der Waals surface area contributed by atoms with E-state index in [0.29, 0.717) is 17.9 Å².